The Morgan fingerprint density at radius 3 is 2.82 bits per heavy atom. The van der Waals surface area contributed by atoms with Gasteiger partial charge in [0, 0.05) is 31.6 Å². The summed E-state index contributed by atoms with van der Waals surface area (Å²) in [6.07, 6.45) is 2.39. The molecule has 0 radical (unpaired) electrons. The van der Waals surface area contributed by atoms with Gasteiger partial charge in [0.15, 0.2) is 0 Å². The lowest BCUT2D eigenvalue weighted by molar-refractivity contribution is -0.124. The summed E-state index contributed by atoms with van der Waals surface area (Å²) in [6, 6.07) is 10.5. The highest BCUT2D eigenvalue weighted by molar-refractivity contribution is 5.78. The van der Waals surface area contributed by atoms with Crippen molar-refractivity contribution in [2.75, 3.05) is 13.1 Å². The summed E-state index contributed by atoms with van der Waals surface area (Å²) in [5.74, 6) is 0.196. The molecule has 1 amide bonds. The van der Waals surface area contributed by atoms with Crippen LogP contribution in [0.1, 0.15) is 38.7 Å². The van der Waals surface area contributed by atoms with E-state index in [-0.39, 0.29) is 24.0 Å². The van der Waals surface area contributed by atoms with Crippen LogP contribution in [0.2, 0.25) is 0 Å². The van der Waals surface area contributed by atoms with Gasteiger partial charge in [-0.15, -0.1) is 0 Å². The number of rotatable bonds is 7. The summed E-state index contributed by atoms with van der Waals surface area (Å²) in [5, 5.41) is 13.0. The van der Waals surface area contributed by atoms with Crippen LogP contribution in [0, 0.1) is 5.92 Å². The molecule has 1 aliphatic rings. The highest BCUT2D eigenvalue weighted by Crippen LogP contribution is 2.20. The molecule has 2 N–H and O–H groups in total. The zero-order chi connectivity index (χ0) is 15.9. The average Bonchev–Trinajstić information content (AvgIpc) is 2.85. The lowest BCUT2D eigenvalue weighted by atomic mass is 10.1. The van der Waals surface area contributed by atoms with E-state index in [0.29, 0.717) is 13.1 Å². The van der Waals surface area contributed by atoms with Gasteiger partial charge in [0.25, 0.3) is 0 Å². The van der Waals surface area contributed by atoms with E-state index in [9.17, 15) is 9.90 Å². The fourth-order valence-electron chi connectivity index (χ4n) is 3.14. The number of β-amino-alcohol motifs (C(OH)–C–C–N with tert-alkyl or cyclic N) is 1. The van der Waals surface area contributed by atoms with Crippen molar-refractivity contribution >= 4 is 5.91 Å². The van der Waals surface area contributed by atoms with Gasteiger partial charge in [-0.05, 0) is 18.4 Å². The van der Waals surface area contributed by atoms with Crippen LogP contribution in [0.5, 0.6) is 0 Å². The molecule has 1 aromatic rings. The zero-order valence-corrected chi connectivity index (χ0v) is 13.7. The van der Waals surface area contributed by atoms with Crippen molar-refractivity contribution in [1.29, 1.82) is 0 Å². The SMILES string of the molecule is CCCC(C)C(=O)NCC1CC(O)CN1Cc1ccccc1. The van der Waals surface area contributed by atoms with Gasteiger partial charge in [0.05, 0.1) is 6.10 Å². The predicted molar refractivity (Wildman–Crippen MR) is 88.3 cm³/mol. The number of aliphatic hydroxyl groups is 1. The third-order valence-electron chi connectivity index (χ3n) is 4.42. The summed E-state index contributed by atoms with van der Waals surface area (Å²) >= 11 is 0. The third-order valence-corrected chi connectivity index (χ3v) is 4.42. The smallest absolute Gasteiger partial charge is 0.222 e. The fourth-order valence-corrected chi connectivity index (χ4v) is 3.14. The van der Waals surface area contributed by atoms with Crippen molar-refractivity contribution in [3.8, 4) is 0 Å². The van der Waals surface area contributed by atoms with E-state index in [2.05, 4.69) is 29.3 Å². The lowest BCUT2D eigenvalue weighted by Crippen LogP contribution is -2.41. The Labute approximate surface area is 133 Å². The molecule has 3 atom stereocenters. The van der Waals surface area contributed by atoms with Crippen molar-refractivity contribution in [3.05, 3.63) is 35.9 Å². The summed E-state index contributed by atoms with van der Waals surface area (Å²) < 4.78 is 0. The first-order chi connectivity index (χ1) is 10.6. The Hall–Kier alpha value is -1.39. The first kappa shape index (κ1) is 17.0. The Kier molecular flexibility index (Phi) is 6.40. The number of aliphatic hydroxyl groups excluding tert-OH is 1. The van der Waals surface area contributed by atoms with E-state index in [1.807, 2.05) is 25.1 Å². The van der Waals surface area contributed by atoms with Crippen LogP contribution in [-0.2, 0) is 11.3 Å². The van der Waals surface area contributed by atoms with Gasteiger partial charge >= 0.3 is 0 Å². The molecule has 0 saturated carbocycles. The van der Waals surface area contributed by atoms with Crippen LogP contribution >= 0.6 is 0 Å². The predicted octanol–water partition coefficient (Wildman–Crippen LogP) is 2.17. The second kappa shape index (κ2) is 8.30. The Balaban J connectivity index is 1.87. The summed E-state index contributed by atoms with van der Waals surface area (Å²) in [7, 11) is 0. The van der Waals surface area contributed by atoms with E-state index >= 15 is 0 Å². The van der Waals surface area contributed by atoms with Crippen LogP contribution in [0.15, 0.2) is 30.3 Å². The van der Waals surface area contributed by atoms with Crippen LogP contribution in [0.4, 0.5) is 0 Å². The molecule has 1 heterocycles. The topological polar surface area (TPSA) is 52.6 Å². The largest absolute Gasteiger partial charge is 0.392 e. The van der Waals surface area contributed by atoms with Crippen molar-refractivity contribution < 1.29 is 9.90 Å². The Bertz CT molecular complexity index is 463. The molecule has 3 unspecified atom stereocenters. The summed E-state index contributed by atoms with van der Waals surface area (Å²) in [4.78, 5) is 14.3. The van der Waals surface area contributed by atoms with Gasteiger partial charge in [0.2, 0.25) is 5.91 Å². The van der Waals surface area contributed by atoms with E-state index < -0.39 is 0 Å². The molecule has 0 spiro atoms. The van der Waals surface area contributed by atoms with Crippen molar-refractivity contribution in [1.82, 2.24) is 10.2 Å². The second-order valence-corrected chi connectivity index (χ2v) is 6.39. The molecular formula is C18H28N2O2. The first-order valence-corrected chi connectivity index (χ1v) is 8.34. The minimum absolute atomic E-state index is 0.0684. The Morgan fingerprint density at radius 2 is 2.14 bits per heavy atom. The van der Waals surface area contributed by atoms with Crippen molar-refractivity contribution in [2.24, 2.45) is 5.92 Å². The van der Waals surface area contributed by atoms with Crippen molar-refractivity contribution in [2.45, 2.75) is 51.8 Å². The quantitative estimate of drug-likeness (QED) is 0.812. The van der Waals surface area contributed by atoms with Gasteiger partial charge in [-0.2, -0.15) is 0 Å². The number of hydrogen-bond acceptors (Lipinski definition) is 3. The molecule has 0 bridgehead atoms. The molecule has 2 rings (SSSR count). The third kappa shape index (κ3) is 4.82. The summed E-state index contributed by atoms with van der Waals surface area (Å²) in [5.41, 5.74) is 1.24. The van der Waals surface area contributed by atoms with E-state index in [1.54, 1.807) is 0 Å². The lowest BCUT2D eigenvalue weighted by Gasteiger charge is -2.25. The number of amides is 1. The molecule has 1 saturated heterocycles. The molecule has 4 heteroatoms. The van der Waals surface area contributed by atoms with Crippen LogP contribution in [-0.4, -0.2) is 41.1 Å². The molecule has 0 aliphatic carbocycles. The Morgan fingerprint density at radius 1 is 1.41 bits per heavy atom. The van der Waals surface area contributed by atoms with E-state index in [0.717, 1.165) is 25.8 Å². The maximum absolute atomic E-state index is 12.0. The number of hydrogen-bond donors (Lipinski definition) is 2. The maximum Gasteiger partial charge on any atom is 0.222 e. The van der Waals surface area contributed by atoms with Gasteiger partial charge in [-0.3, -0.25) is 9.69 Å². The van der Waals surface area contributed by atoms with E-state index in [4.69, 9.17) is 0 Å². The molecule has 4 nitrogen and oxygen atoms in total. The first-order valence-electron chi connectivity index (χ1n) is 8.34. The molecule has 22 heavy (non-hydrogen) atoms. The molecule has 0 aromatic heterocycles. The number of likely N-dealkylation sites (tertiary alicyclic amines) is 1. The molecule has 1 fully saturated rings. The number of nitrogens with zero attached hydrogens (tertiary/aromatic N) is 1. The number of benzene rings is 1. The van der Waals surface area contributed by atoms with Gasteiger partial charge in [-0.25, -0.2) is 0 Å². The van der Waals surface area contributed by atoms with Crippen molar-refractivity contribution in [3.63, 3.8) is 0 Å². The minimum atomic E-state index is -0.293. The summed E-state index contributed by atoms with van der Waals surface area (Å²) in [6.45, 7) is 6.20. The molecule has 1 aromatic carbocycles. The zero-order valence-electron chi connectivity index (χ0n) is 13.7. The number of nitrogens with one attached hydrogen (secondary N) is 1. The maximum atomic E-state index is 12.0. The fraction of sp³-hybridized carbons (Fsp3) is 0.611. The highest BCUT2D eigenvalue weighted by Gasteiger charge is 2.31. The second-order valence-electron chi connectivity index (χ2n) is 6.39. The highest BCUT2D eigenvalue weighted by atomic mass is 16.3. The molecular weight excluding hydrogens is 276 g/mol. The van der Waals surface area contributed by atoms with Crippen LogP contribution in [0.25, 0.3) is 0 Å². The van der Waals surface area contributed by atoms with Gasteiger partial charge < -0.3 is 10.4 Å². The standard InChI is InChI=1S/C18H28N2O2/c1-3-7-14(2)18(22)19-11-16-10-17(21)13-20(16)12-15-8-5-4-6-9-15/h4-6,8-9,14,16-17,21H,3,7,10-13H2,1-2H3,(H,19,22). The van der Waals surface area contributed by atoms with Crippen LogP contribution in [0.3, 0.4) is 0 Å². The minimum Gasteiger partial charge on any atom is -0.392 e. The van der Waals surface area contributed by atoms with E-state index in [1.165, 1.54) is 5.56 Å². The van der Waals surface area contributed by atoms with Gasteiger partial charge in [0.1, 0.15) is 0 Å². The number of carbonyl (C=O) groups is 1. The number of carbonyl (C=O) groups excluding carboxylic acids is 1. The monoisotopic (exact) mass is 304 g/mol. The average molecular weight is 304 g/mol. The van der Waals surface area contributed by atoms with Crippen LogP contribution < -0.4 is 5.32 Å². The normalized spacial score (nSPS) is 23.4. The molecule has 122 valence electrons. The van der Waals surface area contributed by atoms with Gasteiger partial charge in [-0.1, -0.05) is 50.6 Å². The molecule has 1 aliphatic heterocycles.